The fourth-order valence-corrected chi connectivity index (χ4v) is 1.83. The third kappa shape index (κ3) is 5.00. The van der Waals surface area contributed by atoms with Crippen molar-refractivity contribution in [2.24, 2.45) is 0 Å². The van der Waals surface area contributed by atoms with Crippen LogP contribution in [0.4, 0.5) is 0 Å². The normalized spacial score (nSPS) is 19.8. The second kappa shape index (κ2) is 7.88. The van der Waals surface area contributed by atoms with Crippen molar-refractivity contribution in [3.8, 4) is 0 Å². The predicted molar refractivity (Wildman–Crippen MR) is 57.0 cm³/mol. The minimum Gasteiger partial charge on any atom is -0.314 e. The number of halogens is 1. The van der Waals surface area contributed by atoms with E-state index in [0.717, 1.165) is 6.04 Å². The zero-order chi connectivity index (χ0) is 7.94. The summed E-state index contributed by atoms with van der Waals surface area (Å²) in [5.74, 6) is 0. The average molecular weight is 192 g/mol. The molecule has 0 atom stereocenters. The van der Waals surface area contributed by atoms with E-state index in [-0.39, 0.29) is 12.4 Å². The Labute approximate surface area is 82.7 Å². The summed E-state index contributed by atoms with van der Waals surface area (Å²) in [6, 6.07) is 0.845. The molecule has 1 N–H and O–H groups in total. The van der Waals surface area contributed by atoms with Gasteiger partial charge in [0.1, 0.15) is 0 Å². The lowest BCUT2D eigenvalue weighted by Gasteiger charge is -2.14. The molecule has 0 amide bonds. The van der Waals surface area contributed by atoms with E-state index in [0.29, 0.717) is 0 Å². The van der Waals surface area contributed by atoms with Crippen LogP contribution in [0.15, 0.2) is 0 Å². The molecule has 0 spiro atoms. The van der Waals surface area contributed by atoms with E-state index in [4.69, 9.17) is 0 Å². The van der Waals surface area contributed by atoms with Crippen molar-refractivity contribution in [1.29, 1.82) is 0 Å². The van der Waals surface area contributed by atoms with Gasteiger partial charge in [0.05, 0.1) is 0 Å². The highest BCUT2D eigenvalue weighted by Crippen LogP contribution is 2.16. The number of rotatable bonds is 3. The maximum Gasteiger partial charge on any atom is 0.00670 e. The highest BCUT2D eigenvalue weighted by molar-refractivity contribution is 5.85. The van der Waals surface area contributed by atoms with Crippen molar-refractivity contribution in [3.63, 3.8) is 0 Å². The number of nitrogens with one attached hydrogen (secondary N) is 1. The largest absolute Gasteiger partial charge is 0.314 e. The molecule has 1 aliphatic carbocycles. The molecule has 0 aromatic heterocycles. The van der Waals surface area contributed by atoms with Crippen LogP contribution in [-0.2, 0) is 0 Å². The molecule has 1 saturated carbocycles. The highest BCUT2D eigenvalue weighted by atomic mass is 35.5. The Hall–Kier alpha value is 0.250. The smallest absolute Gasteiger partial charge is 0.00670 e. The van der Waals surface area contributed by atoms with Gasteiger partial charge in [-0.25, -0.2) is 0 Å². The molecule has 0 bridgehead atoms. The summed E-state index contributed by atoms with van der Waals surface area (Å²) < 4.78 is 0. The molecule has 1 rings (SSSR count). The van der Waals surface area contributed by atoms with Crippen molar-refractivity contribution in [3.05, 3.63) is 0 Å². The van der Waals surface area contributed by atoms with E-state index in [2.05, 4.69) is 12.2 Å². The van der Waals surface area contributed by atoms with Crippen molar-refractivity contribution in [2.75, 3.05) is 6.54 Å². The maximum atomic E-state index is 3.61. The summed E-state index contributed by atoms with van der Waals surface area (Å²) in [4.78, 5) is 0. The minimum absolute atomic E-state index is 0. The summed E-state index contributed by atoms with van der Waals surface area (Å²) in [5, 5.41) is 3.61. The SMILES string of the molecule is CCCNC1CCCCCC1.Cl. The van der Waals surface area contributed by atoms with E-state index in [1.165, 1.54) is 51.5 Å². The molecule has 0 aromatic carbocycles. The van der Waals surface area contributed by atoms with Gasteiger partial charge in [0, 0.05) is 6.04 Å². The van der Waals surface area contributed by atoms with Crippen molar-refractivity contribution < 1.29 is 0 Å². The van der Waals surface area contributed by atoms with Crippen LogP contribution in [0, 0.1) is 0 Å². The molecule has 2 heteroatoms. The van der Waals surface area contributed by atoms with Crippen LogP contribution >= 0.6 is 12.4 Å². The Morgan fingerprint density at radius 3 is 2.17 bits per heavy atom. The zero-order valence-corrected chi connectivity index (χ0v) is 8.96. The molecule has 0 unspecified atom stereocenters. The summed E-state index contributed by atoms with van der Waals surface area (Å²) >= 11 is 0. The average Bonchev–Trinajstić information content (AvgIpc) is 2.28. The molecule has 0 saturated heterocycles. The molecule has 1 aliphatic rings. The van der Waals surface area contributed by atoms with Crippen LogP contribution in [0.2, 0.25) is 0 Å². The molecule has 12 heavy (non-hydrogen) atoms. The van der Waals surface area contributed by atoms with Gasteiger partial charge in [0.15, 0.2) is 0 Å². The van der Waals surface area contributed by atoms with Crippen LogP contribution in [0.5, 0.6) is 0 Å². The fourth-order valence-electron chi connectivity index (χ4n) is 1.83. The van der Waals surface area contributed by atoms with E-state index in [9.17, 15) is 0 Å². The number of hydrogen-bond acceptors (Lipinski definition) is 1. The van der Waals surface area contributed by atoms with Gasteiger partial charge in [-0.1, -0.05) is 32.6 Å². The van der Waals surface area contributed by atoms with Crippen LogP contribution < -0.4 is 5.32 Å². The van der Waals surface area contributed by atoms with E-state index in [1.54, 1.807) is 0 Å². The second-order valence-electron chi connectivity index (χ2n) is 3.64. The topological polar surface area (TPSA) is 12.0 Å². The zero-order valence-electron chi connectivity index (χ0n) is 8.14. The third-order valence-electron chi connectivity index (χ3n) is 2.54. The molecule has 1 fully saturated rings. The van der Waals surface area contributed by atoms with Gasteiger partial charge >= 0.3 is 0 Å². The monoisotopic (exact) mass is 191 g/mol. The first-order valence-electron chi connectivity index (χ1n) is 5.17. The van der Waals surface area contributed by atoms with Crippen molar-refractivity contribution in [1.82, 2.24) is 5.32 Å². The summed E-state index contributed by atoms with van der Waals surface area (Å²) in [5.41, 5.74) is 0. The van der Waals surface area contributed by atoms with E-state index < -0.39 is 0 Å². The van der Waals surface area contributed by atoms with Crippen LogP contribution in [0.1, 0.15) is 51.9 Å². The lowest BCUT2D eigenvalue weighted by molar-refractivity contribution is 0.460. The first-order chi connectivity index (χ1) is 5.43. The molecular weight excluding hydrogens is 170 g/mol. The Balaban J connectivity index is 0.00000121. The van der Waals surface area contributed by atoms with Crippen LogP contribution in [0.25, 0.3) is 0 Å². The van der Waals surface area contributed by atoms with Gasteiger partial charge in [0.25, 0.3) is 0 Å². The maximum absolute atomic E-state index is 3.61. The van der Waals surface area contributed by atoms with Crippen LogP contribution in [-0.4, -0.2) is 12.6 Å². The van der Waals surface area contributed by atoms with Gasteiger partial charge in [0.2, 0.25) is 0 Å². The number of hydrogen-bond donors (Lipinski definition) is 1. The van der Waals surface area contributed by atoms with Crippen molar-refractivity contribution >= 4 is 12.4 Å². The predicted octanol–water partition coefficient (Wildman–Crippen LogP) is 3.13. The summed E-state index contributed by atoms with van der Waals surface area (Å²) in [6.07, 6.45) is 9.92. The minimum atomic E-state index is 0. The summed E-state index contributed by atoms with van der Waals surface area (Å²) in [7, 11) is 0. The molecule has 0 aromatic rings. The Bertz CT molecular complexity index is 87.8. The Morgan fingerprint density at radius 2 is 1.67 bits per heavy atom. The third-order valence-corrected chi connectivity index (χ3v) is 2.54. The van der Waals surface area contributed by atoms with Gasteiger partial charge in [-0.15, -0.1) is 12.4 Å². The molecule has 74 valence electrons. The highest BCUT2D eigenvalue weighted by Gasteiger charge is 2.09. The standard InChI is InChI=1S/C10H21N.ClH/c1-2-9-11-10-7-5-3-4-6-8-10;/h10-11H,2-9H2,1H3;1H. The van der Waals surface area contributed by atoms with E-state index >= 15 is 0 Å². The van der Waals surface area contributed by atoms with Gasteiger partial charge < -0.3 is 5.32 Å². The fraction of sp³-hybridized carbons (Fsp3) is 1.00. The lowest BCUT2D eigenvalue weighted by atomic mass is 10.1. The van der Waals surface area contributed by atoms with Gasteiger partial charge in [-0.3, -0.25) is 0 Å². The van der Waals surface area contributed by atoms with Gasteiger partial charge in [-0.05, 0) is 25.8 Å². The molecule has 0 radical (unpaired) electrons. The quantitative estimate of drug-likeness (QED) is 0.676. The molecule has 0 heterocycles. The van der Waals surface area contributed by atoms with Gasteiger partial charge in [-0.2, -0.15) is 0 Å². The van der Waals surface area contributed by atoms with E-state index in [1.807, 2.05) is 0 Å². The Kier molecular flexibility index (Phi) is 8.04. The Morgan fingerprint density at radius 1 is 1.08 bits per heavy atom. The van der Waals surface area contributed by atoms with Crippen molar-refractivity contribution in [2.45, 2.75) is 57.9 Å². The molecule has 1 nitrogen and oxygen atoms in total. The first kappa shape index (κ1) is 12.2. The molecular formula is C10H22ClN. The lowest BCUT2D eigenvalue weighted by Crippen LogP contribution is -2.28. The first-order valence-corrected chi connectivity index (χ1v) is 5.17. The molecule has 0 aliphatic heterocycles. The summed E-state index contributed by atoms with van der Waals surface area (Å²) in [6.45, 7) is 3.45. The second-order valence-corrected chi connectivity index (χ2v) is 3.64. The van der Waals surface area contributed by atoms with Crippen LogP contribution in [0.3, 0.4) is 0 Å².